The third kappa shape index (κ3) is 20.9. The van der Waals surface area contributed by atoms with Crippen molar-refractivity contribution in [2.75, 3.05) is 99.0 Å². The number of nitrogens with one attached hydrogen (secondary N) is 1. The fourth-order valence-corrected chi connectivity index (χ4v) is 4.04. The van der Waals surface area contributed by atoms with E-state index in [1.165, 1.54) is 0 Å². The van der Waals surface area contributed by atoms with Crippen LogP contribution in [0.5, 0.6) is 0 Å². The Morgan fingerprint density at radius 3 is 1.64 bits per heavy atom. The van der Waals surface area contributed by atoms with Gasteiger partial charge in [-0.25, -0.2) is 9.59 Å². The molecule has 0 saturated carbocycles. The van der Waals surface area contributed by atoms with Crippen molar-refractivity contribution in [3.05, 3.63) is 12.2 Å². The summed E-state index contributed by atoms with van der Waals surface area (Å²) in [6, 6.07) is 0. The lowest BCUT2D eigenvalue weighted by atomic mass is 10.0. The van der Waals surface area contributed by atoms with Gasteiger partial charge in [0.25, 0.3) is 11.8 Å². The van der Waals surface area contributed by atoms with Crippen LogP contribution in [-0.4, -0.2) is 134 Å². The minimum atomic E-state index is -0.700. The number of carbonyl (C=O) groups excluding carboxylic acids is 4. The van der Waals surface area contributed by atoms with E-state index < -0.39 is 17.8 Å². The van der Waals surface area contributed by atoms with Crippen molar-refractivity contribution < 1.29 is 61.9 Å². The number of carbonyl (C=O) groups is 4. The van der Waals surface area contributed by atoms with E-state index in [0.717, 1.165) is 32.1 Å². The molecule has 1 atom stereocenters. The number of hydroxylamine groups is 2. The zero-order valence-corrected chi connectivity index (χ0v) is 26.2. The van der Waals surface area contributed by atoms with Gasteiger partial charge in [0.15, 0.2) is 0 Å². The van der Waals surface area contributed by atoms with Crippen molar-refractivity contribution in [3.63, 3.8) is 0 Å². The smallest absolute Gasteiger partial charge is 0.407 e. The van der Waals surface area contributed by atoms with E-state index in [-0.39, 0.29) is 44.7 Å². The molecule has 0 aromatic carbocycles. The maximum atomic E-state index is 11.9. The van der Waals surface area contributed by atoms with Crippen molar-refractivity contribution in [3.8, 4) is 0 Å². The second-order valence-electron chi connectivity index (χ2n) is 10.0. The van der Waals surface area contributed by atoms with Crippen molar-refractivity contribution in [2.45, 2.75) is 57.5 Å². The van der Waals surface area contributed by atoms with Crippen LogP contribution in [0.1, 0.15) is 51.4 Å². The molecule has 0 radical (unpaired) electrons. The zero-order valence-electron chi connectivity index (χ0n) is 26.2. The number of imide groups is 1. The molecule has 0 bridgehead atoms. The summed E-state index contributed by atoms with van der Waals surface area (Å²) < 4.78 is 43.3. The molecule has 1 saturated heterocycles. The summed E-state index contributed by atoms with van der Waals surface area (Å²) in [6.45, 7) is 5.85. The minimum absolute atomic E-state index is 0.0183. The number of alkyl carbamates (subject to hydrolysis) is 1. The summed E-state index contributed by atoms with van der Waals surface area (Å²) in [5.74, 6) is -1.72. The molecule has 0 aromatic rings. The van der Waals surface area contributed by atoms with E-state index in [2.05, 4.69) is 17.5 Å². The maximum Gasteiger partial charge on any atom is 0.407 e. The number of hydrogen-bond acceptors (Lipinski definition) is 13. The normalized spacial score (nSPS) is 17.6. The Kier molecular flexibility index (Phi) is 22.7. The fourth-order valence-electron chi connectivity index (χ4n) is 4.04. The average molecular weight is 647 g/mol. The third-order valence-corrected chi connectivity index (χ3v) is 6.39. The molecule has 0 aromatic heterocycles. The third-order valence-electron chi connectivity index (χ3n) is 6.39. The van der Waals surface area contributed by atoms with Gasteiger partial charge in [0.05, 0.1) is 98.9 Å². The van der Waals surface area contributed by atoms with E-state index in [1.807, 2.05) is 0 Å². The van der Waals surface area contributed by atoms with Gasteiger partial charge in [-0.15, -0.1) is 5.06 Å². The topological polar surface area (TPSA) is 167 Å². The number of nitrogens with zero attached hydrogens (tertiary/aromatic N) is 1. The molecule has 15 nitrogen and oxygen atoms in total. The zero-order chi connectivity index (χ0) is 32.2. The Bertz CT molecular complexity index is 842. The Hall–Kier alpha value is -2.66. The number of rotatable bonds is 26. The predicted molar refractivity (Wildman–Crippen MR) is 158 cm³/mol. The molecule has 1 fully saturated rings. The largest absolute Gasteiger partial charge is 0.446 e. The van der Waals surface area contributed by atoms with E-state index >= 15 is 0 Å². The maximum absolute atomic E-state index is 11.9. The molecule has 3 amide bonds. The van der Waals surface area contributed by atoms with E-state index in [0.29, 0.717) is 90.9 Å². The van der Waals surface area contributed by atoms with Gasteiger partial charge in [-0.2, -0.15) is 0 Å². The highest BCUT2D eigenvalue weighted by molar-refractivity contribution is 6.01. The first-order valence-electron chi connectivity index (χ1n) is 15.8. The lowest BCUT2D eigenvalue weighted by molar-refractivity contribution is -0.198. The van der Waals surface area contributed by atoms with Crippen LogP contribution in [0, 0.1) is 0 Å². The van der Waals surface area contributed by atoms with E-state index in [9.17, 15) is 19.2 Å². The van der Waals surface area contributed by atoms with Gasteiger partial charge >= 0.3 is 12.1 Å². The van der Waals surface area contributed by atoms with Gasteiger partial charge in [0, 0.05) is 19.4 Å². The number of allylic oxidation sites excluding steroid dienone is 2. The molecule has 1 aliphatic heterocycles. The molecule has 1 aliphatic carbocycles. The molecule has 2 rings (SSSR count). The van der Waals surface area contributed by atoms with Gasteiger partial charge in [-0.1, -0.05) is 12.2 Å². The predicted octanol–water partition coefficient (Wildman–Crippen LogP) is 1.72. The van der Waals surface area contributed by atoms with Crippen molar-refractivity contribution in [1.82, 2.24) is 10.4 Å². The van der Waals surface area contributed by atoms with Crippen LogP contribution in [-0.2, 0) is 57.1 Å². The molecular formula is C30H50N2O13. The number of amides is 3. The van der Waals surface area contributed by atoms with Crippen LogP contribution in [0.25, 0.3) is 0 Å². The standard InChI is InChI=1S/C30H50N2O13/c33-27-8-9-28(34)32(27)45-29(35)10-12-37-14-16-39-18-20-41-22-24-43-25-23-42-21-19-40-17-15-38-13-11-31-30(36)44-26-6-4-2-1-3-5-7-26/h1-2,26H,3-25H2,(H,31,36)/b2-1-. The summed E-state index contributed by atoms with van der Waals surface area (Å²) >= 11 is 0. The van der Waals surface area contributed by atoms with Crippen LogP contribution >= 0.6 is 0 Å². The Balaban J connectivity index is 1.21. The molecule has 45 heavy (non-hydrogen) atoms. The van der Waals surface area contributed by atoms with Gasteiger partial charge in [0.1, 0.15) is 6.10 Å². The highest BCUT2D eigenvalue weighted by Crippen LogP contribution is 2.15. The Labute approximate surface area is 265 Å². The first-order valence-corrected chi connectivity index (χ1v) is 15.8. The second kappa shape index (κ2) is 26.5. The molecule has 15 heteroatoms. The summed E-state index contributed by atoms with van der Waals surface area (Å²) in [5.41, 5.74) is 0. The van der Waals surface area contributed by atoms with Crippen LogP contribution in [0.15, 0.2) is 12.2 Å². The Morgan fingerprint density at radius 2 is 1.11 bits per heavy atom. The Morgan fingerprint density at radius 1 is 0.644 bits per heavy atom. The van der Waals surface area contributed by atoms with Crippen molar-refractivity contribution >= 4 is 23.9 Å². The summed E-state index contributed by atoms with van der Waals surface area (Å²) in [4.78, 5) is 51.0. The van der Waals surface area contributed by atoms with Crippen LogP contribution in [0.3, 0.4) is 0 Å². The summed E-state index contributed by atoms with van der Waals surface area (Å²) in [7, 11) is 0. The van der Waals surface area contributed by atoms with Gasteiger partial charge in [-0.3, -0.25) is 9.59 Å². The lowest BCUT2D eigenvalue weighted by Gasteiger charge is -2.18. The first kappa shape index (κ1) is 38.5. The fraction of sp³-hybridized carbons (Fsp3) is 0.800. The van der Waals surface area contributed by atoms with Crippen molar-refractivity contribution in [1.29, 1.82) is 0 Å². The van der Waals surface area contributed by atoms with E-state index in [1.54, 1.807) is 0 Å². The minimum Gasteiger partial charge on any atom is -0.446 e. The molecule has 1 N–H and O–H groups in total. The first-order chi connectivity index (χ1) is 22.1. The molecule has 2 aliphatic rings. The summed E-state index contributed by atoms with van der Waals surface area (Å²) in [6.07, 6.45) is 8.76. The molecule has 258 valence electrons. The van der Waals surface area contributed by atoms with Crippen LogP contribution < -0.4 is 5.32 Å². The van der Waals surface area contributed by atoms with Gasteiger partial charge in [0.2, 0.25) is 0 Å². The number of hydrogen-bond donors (Lipinski definition) is 1. The van der Waals surface area contributed by atoms with Crippen LogP contribution in [0.2, 0.25) is 0 Å². The summed E-state index contributed by atoms with van der Waals surface area (Å²) in [5, 5.41) is 3.24. The van der Waals surface area contributed by atoms with Crippen molar-refractivity contribution in [2.24, 2.45) is 0 Å². The average Bonchev–Trinajstić information content (AvgIpc) is 3.32. The SMILES string of the molecule is O=C(CCOCCOCCOCCOCCOCCOCCOCCNC(=O)OC1CC/C=C\CCC1)ON1C(=O)CCC1=O. The van der Waals surface area contributed by atoms with E-state index in [4.69, 9.17) is 42.7 Å². The highest BCUT2D eigenvalue weighted by atomic mass is 16.7. The molecule has 0 spiro atoms. The highest BCUT2D eigenvalue weighted by Gasteiger charge is 2.32. The van der Waals surface area contributed by atoms with Gasteiger partial charge < -0.3 is 48.0 Å². The van der Waals surface area contributed by atoms with Crippen LogP contribution in [0.4, 0.5) is 4.79 Å². The molecular weight excluding hydrogens is 596 g/mol. The number of ether oxygens (including phenoxy) is 8. The lowest BCUT2D eigenvalue weighted by Crippen LogP contribution is -2.32. The molecule has 1 unspecified atom stereocenters. The van der Waals surface area contributed by atoms with Gasteiger partial charge in [-0.05, 0) is 32.1 Å². The monoisotopic (exact) mass is 646 g/mol. The quantitative estimate of drug-likeness (QED) is 0.0821. The second-order valence-corrected chi connectivity index (χ2v) is 10.0. The molecule has 1 heterocycles.